The van der Waals surface area contributed by atoms with E-state index in [1.54, 1.807) is 0 Å². The van der Waals surface area contributed by atoms with Gasteiger partial charge in [-0.2, -0.15) is 5.10 Å². The number of hydrogen-bond acceptors (Lipinski definition) is 3. The molecule has 0 saturated heterocycles. The molecule has 31 heavy (non-hydrogen) atoms. The van der Waals surface area contributed by atoms with Crippen molar-refractivity contribution in [1.82, 2.24) is 25.3 Å². The van der Waals surface area contributed by atoms with Crippen LogP contribution in [0.4, 0.5) is 0 Å². The highest BCUT2D eigenvalue weighted by atomic mass is 127. The highest BCUT2D eigenvalue weighted by Gasteiger charge is 2.14. The number of benzene rings is 1. The lowest BCUT2D eigenvalue weighted by atomic mass is 10.1. The molecular formula is C24H41IN6. The third-order valence-corrected chi connectivity index (χ3v) is 5.71. The lowest BCUT2D eigenvalue weighted by Gasteiger charge is -2.20. The van der Waals surface area contributed by atoms with Crippen LogP contribution in [-0.4, -0.2) is 46.3 Å². The van der Waals surface area contributed by atoms with E-state index < -0.39 is 0 Å². The number of rotatable bonds is 10. The zero-order valence-corrected chi connectivity index (χ0v) is 22.7. The first-order chi connectivity index (χ1) is 14.4. The van der Waals surface area contributed by atoms with E-state index in [0.29, 0.717) is 6.54 Å². The summed E-state index contributed by atoms with van der Waals surface area (Å²) >= 11 is 0. The molecule has 2 N–H and O–H groups in total. The minimum Gasteiger partial charge on any atom is -0.357 e. The second-order valence-electron chi connectivity index (χ2n) is 7.95. The molecule has 174 valence electrons. The van der Waals surface area contributed by atoms with Crippen molar-refractivity contribution in [2.45, 2.75) is 67.1 Å². The summed E-state index contributed by atoms with van der Waals surface area (Å²) in [5.41, 5.74) is 6.30. The van der Waals surface area contributed by atoms with Crippen molar-refractivity contribution in [2.75, 3.05) is 19.6 Å². The minimum absolute atomic E-state index is 0. The molecule has 6 nitrogen and oxygen atoms in total. The van der Waals surface area contributed by atoms with Crippen molar-refractivity contribution < 1.29 is 0 Å². The zero-order valence-electron chi connectivity index (χ0n) is 20.3. The van der Waals surface area contributed by atoms with Crippen LogP contribution in [0.2, 0.25) is 0 Å². The van der Waals surface area contributed by atoms with Crippen molar-refractivity contribution in [3.05, 3.63) is 52.3 Å². The molecule has 1 unspecified atom stereocenters. The zero-order chi connectivity index (χ0) is 22.1. The standard InChI is InChI=1S/C24H40N6.HI/c1-8-25-24(27-18(4)15-23-19(5)28-29(7)20(23)6)26-16-21-13-11-12-14-22(21)17-30(9-2)10-3;/h11-14,18H,8-10,15-17H2,1-7H3,(H2,25,26,27);1H. The fourth-order valence-corrected chi connectivity index (χ4v) is 3.74. The molecule has 0 aliphatic carbocycles. The van der Waals surface area contributed by atoms with Crippen LogP contribution >= 0.6 is 24.0 Å². The van der Waals surface area contributed by atoms with E-state index in [2.05, 4.69) is 86.4 Å². The van der Waals surface area contributed by atoms with Crippen LogP contribution in [0.3, 0.4) is 0 Å². The quantitative estimate of drug-likeness (QED) is 0.270. The van der Waals surface area contributed by atoms with Gasteiger partial charge in [0, 0.05) is 31.9 Å². The molecule has 0 amide bonds. The third-order valence-electron chi connectivity index (χ3n) is 5.71. The van der Waals surface area contributed by atoms with Crippen LogP contribution in [0.5, 0.6) is 0 Å². The van der Waals surface area contributed by atoms with Gasteiger partial charge in [-0.3, -0.25) is 9.58 Å². The van der Waals surface area contributed by atoms with Gasteiger partial charge in [-0.1, -0.05) is 38.1 Å². The summed E-state index contributed by atoms with van der Waals surface area (Å²) in [5, 5.41) is 11.5. The SMILES string of the molecule is CCNC(=NCc1ccccc1CN(CC)CC)NC(C)Cc1c(C)nn(C)c1C.I. The van der Waals surface area contributed by atoms with Gasteiger partial charge in [-0.25, -0.2) is 4.99 Å². The molecule has 2 rings (SSSR count). The second kappa shape index (κ2) is 13.7. The lowest BCUT2D eigenvalue weighted by molar-refractivity contribution is 0.295. The van der Waals surface area contributed by atoms with Gasteiger partial charge < -0.3 is 10.6 Å². The van der Waals surface area contributed by atoms with Gasteiger partial charge in [0.25, 0.3) is 0 Å². The van der Waals surface area contributed by atoms with Crippen LogP contribution in [0.25, 0.3) is 0 Å². The van der Waals surface area contributed by atoms with E-state index in [4.69, 9.17) is 4.99 Å². The number of guanidine groups is 1. The monoisotopic (exact) mass is 540 g/mol. The molecule has 1 atom stereocenters. The molecule has 1 heterocycles. The van der Waals surface area contributed by atoms with Crippen molar-refractivity contribution in [1.29, 1.82) is 0 Å². The van der Waals surface area contributed by atoms with Crippen LogP contribution in [0.1, 0.15) is 55.8 Å². The van der Waals surface area contributed by atoms with E-state index in [0.717, 1.165) is 44.3 Å². The molecule has 0 aliphatic heterocycles. The van der Waals surface area contributed by atoms with E-state index in [9.17, 15) is 0 Å². The molecule has 0 saturated carbocycles. The molecule has 0 aliphatic rings. The molecule has 0 bridgehead atoms. The van der Waals surface area contributed by atoms with Crippen molar-refractivity contribution >= 4 is 29.9 Å². The number of aryl methyl sites for hydroxylation is 2. The summed E-state index contributed by atoms with van der Waals surface area (Å²) in [7, 11) is 2.01. The van der Waals surface area contributed by atoms with Gasteiger partial charge in [0.1, 0.15) is 0 Å². The Morgan fingerprint density at radius 2 is 1.77 bits per heavy atom. The number of nitrogens with one attached hydrogen (secondary N) is 2. The van der Waals surface area contributed by atoms with Crippen LogP contribution < -0.4 is 10.6 Å². The van der Waals surface area contributed by atoms with E-state index in [1.807, 2.05) is 11.7 Å². The van der Waals surface area contributed by atoms with Crippen molar-refractivity contribution in [2.24, 2.45) is 12.0 Å². The molecule has 1 aromatic heterocycles. The predicted molar refractivity (Wildman–Crippen MR) is 142 cm³/mol. The summed E-state index contributed by atoms with van der Waals surface area (Å²) in [6.07, 6.45) is 0.925. The molecular weight excluding hydrogens is 499 g/mol. The lowest BCUT2D eigenvalue weighted by Crippen LogP contribution is -2.43. The largest absolute Gasteiger partial charge is 0.357 e. The number of aliphatic imine (C=N–C) groups is 1. The van der Waals surface area contributed by atoms with Gasteiger partial charge >= 0.3 is 0 Å². The number of aromatic nitrogens is 2. The summed E-state index contributed by atoms with van der Waals surface area (Å²) in [6.45, 7) is 17.5. The summed E-state index contributed by atoms with van der Waals surface area (Å²) in [5.74, 6) is 0.863. The Morgan fingerprint density at radius 3 is 2.32 bits per heavy atom. The van der Waals surface area contributed by atoms with Gasteiger partial charge in [0.2, 0.25) is 0 Å². The third kappa shape index (κ3) is 8.11. The maximum Gasteiger partial charge on any atom is 0.191 e. The van der Waals surface area contributed by atoms with Gasteiger partial charge in [-0.15, -0.1) is 24.0 Å². The summed E-state index contributed by atoms with van der Waals surface area (Å²) < 4.78 is 1.96. The maximum atomic E-state index is 4.89. The average Bonchev–Trinajstić information content (AvgIpc) is 2.97. The average molecular weight is 541 g/mol. The Bertz CT molecular complexity index is 825. The Balaban J connectivity index is 0.00000480. The highest BCUT2D eigenvalue weighted by Crippen LogP contribution is 2.15. The highest BCUT2D eigenvalue weighted by molar-refractivity contribution is 14.0. The number of nitrogens with zero attached hydrogens (tertiary/aromatic N) is 4. The maximum absolute atomic E-state index is 4.89. The first kappa shape index (κ1) is 27.4. The van der Waals surface area contributed by atoms with Crippen LogP contribution in [0, 0.1) is 13.8 Å². The molecule has 2 aromatic rings. The smallest absolute Gasteiger partial charge is 0.191 e. The Morgan fingerprint density at radius 1 is 1.13 bits per heavy atom. The predicted octanol–water partition coefficient (Wildman–Crippen LogP) is 4.18. The van der Waals surface area contributed by atoms with Crippen molar-refractivity contribution in [3.8, 4) is 0 Å². The summed E-state index contributed by atoms with van der Waals surface area (Å²) in [6, 6.07) is 8.90. The number of halogens is 1. The first-order valence-corrected chi connectivity index (χ1v) is 11.2. The molecule has 0 radical (unpaired) electrons. The topological polar surface area (TPSA) is 57.5 Å². The van der Waals surface area contributed by atoms with Gasteiger partial charge in [0.05, 0.1) is 12.2 Å². The minimum atomic E-state index is 0. The van der Waals surface area contributed by atoms with Gasteiger partial charge in [-0.05, 0) is 63.9 Å². The van der Waals surface area contributed by atoms with E-state index in [1.165, 1.54) is 22.4 Å². The first-order valence-electron chi connectivity index (χ1n) is 11.2. The van der Waals surface area contributed by atoms with E-state index >= 15 is 0 Å². The van der Waals surface area contributed by atoms with Crippen LogP contribution in [-0.2, 0) is 26.6 Å². The normalized spacial score (nSPS) is 12.6. The molecule has 0 spiro atoms. The van der Waals surface area contributed by atoms with Crippen LogP contribution in [0.15, 0.2) is 29.3 Å². The van der Waals surface area contributed by atoms with E-state index in [-0.39, 0.29) is 30.0 Å². The Hall–Kier alpha value is -1.61. The van der Waals surface area contributed by atoms with Crippen molar-refractivity contribution in [3.63, 3.8) is 0 Å². The second-order valence-corrected chi connectivity index (χ2v) is 7.95. The molecule has 7 heteroatoms. The number of hydrogen-bond donors (Lipinski definition) is 2. The summed E-state index contributed by atoms with van der Waals surface area (Å²) in [4.78, 5) is 7.33. The Kier molecular flexibility index (Phi) is 12.1. The Labute approximate surface area is 205 Å². The molecule has 1 aromatic carbocycles. The van der Waals surface area contributed by atoms with Gasteiger partial charge in [0.15, 0.2) is 5.96 Å². The fourth-order valence-electron chi connectivity index (χ4n) is 3.74. The molecule has 0 fully saturated rings. The fraction of sp³-hybridized carbons (Fsp3) is 0.583.